The van der Waals surface area contributed by atoms with Gasteiger partial charge in [0.15, 0.2) is 0 Å². The van der Waals surface area contributed by atoms with Crippen molar-refractivity contribution in [2.24, 2.45) is 0 Å². The third-order valence-corrected chi connectivity index (χ3v) is 7.35. The molecule has 2 N–H and O–H groups in total. The number of nitrogen functional groups attached to an aromatic ring is 1. The summed E-state index contributed by atoms with van der Waals surface area (Å²) in [6.45, 7) is 3.36. The van der Waals surface area contributed by atoms with E-state index in [1.807, 2.05) is 54.3 Å². The molecule has 1 fully saturated rings. The Balaban J connectivity index is 1.35. The van der Waals surface area contributed by atoms with Gasteiger partial charge in [0, 0.05) is 34.7 Å². The molecular weight excluding hydrogens is 458 g/mol. The SMILES string of the molecule is CC[C@H]1C(=O)N(Cc2ccc3c(N)ncnc3c2)CCN1C(=O)c1cc2ccc(Cl)cc2s1. The van der Waals surface area contributed by atoms with Crippen molar-refractivity contribution in [3.8, 4) is 0 Å². The summed E-state index contributed by atoms with van der Waals surface area (Å²) in [4.78, 5) is 39.1. The van der Waals surface area contributed by atoms with E-state index < -0.39 is 6.04 Å². The van der Waals surface area contributed by atoms with Gasteiger partial charge in [-0.3, -0.25) is 9.59 Å². The maximum absolute atomic E-state index is 13.3. The number of amides is 2. The Morgan fingerprint density at radius 1 is 1.18 bits per heavy atom. The lowest BCUT2D eigenvalue weighted by molar-refractivity contribution is -0.141. The normalized spacial score (nSPS) is 16.7. The molecule has 7 nitrogen and oxygen atoms in total. The third kappa shape index (κ3) is 4.00. The van der Waals surface area contributed by atoms with E-state index in [0.717, 1.165) is 26.6 Å². The minimum atomic E-state index is -0.488. The van der Waals surface area contributed by atoms with Crippen LogP contribution < -0.4 is 5.73 Å². The van der Waals surface area contributed by atoms with Crippen LogP contribution in [-0.4, -0.2) is 50.7 Å². The maximum Gasteiger partial charge on any atom is 0.264 e. The summed E-state index contributed by atoms with van der Waals surface area (Å²) in [6, 6.07) is 12.7. The van der Waals surface area contributed by atoms with Crippen molar-refractivity contribution in [1.29, 1.82) is 0 Å². The molecule has 5 rings (SSSR count). The van der Waals surface area contributed by atoms with Crippen LogP contribution in [0.3, 0.4) is 0 Å². The van der Waals surface area contributed by atoms with Gasteiger partial charge in [-0.1, -0.05) is 30.7 Å². The molecule has 0 aliphatic carbocycles. The lowest BCUT2D eigenvalue weighted by Crippen LogP contribution is -2.58. The number of hydrogen-bond donors (Lipinski definition) is 1. The molecule has 2 aromatic carbocycles. The van der Waals surface area contributed by atoms with Gasteiger partial charge in [-0.15, -0.1) is 11.3 Å². The number of halogens is 1. The minimum absolute atomic E-state index is 0.0384. The highest BCUT2D eigenvalue weighted by atomic mass is 35.5. The van der Waals surface area contributed by atoms with Crippen LogP contribution in [0.1, 0.15) is 28.6 Å². The standard InChI is InChI=1S/C24H22ClN5O2S/c1-2-19-23(31)29(12-14-3-6-17-18(9-14)27-13-28-22(17)26)7-8-30(19)24(32)21-10-15-4-5-16(25)11-20(15)33-21/h3-6,9-11,13,19H,2,7-8,12H2,1H3,(H2,26,27,28)/t19-/m0/s1. The van der Waals surface area contributed by atoms with E-state index in [2.05, 4.69) is 9.97 Å². The lowest BCUT2D eigenvalue weighted by Gasteiger charge is -2.40. The fourth-order valence-corrected chi connectivity index (χ4v) is 5.62. The zero-order chi connectivity index (χ0) is 23.1. The molecule has 4 aromatic rings. The van der Waals surface area contributed by atoms with E-state index in [1.54, 1.807) is 4.90 Å². The molecule has 2 aromatic heterocycles. The topological polar surface area (TPSA) is 92.4 Å². The van der Waals surface area contributed by atoms with Crippen molar-refractivity contribution in [1.82, 2.24) is 19.8 Å². The molecule has 9 heteroatoms. The minimum Gasteiger partial charge on any atom is -0.383 e. The lowest BCUT2D eigenvalue weighted by atomic mass is 10.1. The molecule has 168 valence electrons. The molecule has 0 saturated carbocycles. The number of fused-ring (bicyclic) bond motifs is 2. The van der Waals surface area contributed by atoms with Gasteiger partial charge in [-0.2, -0.15) is 0 Å². The average Bonchev–Trinajstić information content (AvgIpc) is 3.23. The zero-order valence-corrected chi connectivity index (χ0v) is 19.6. The second kappa shape index (κ2) is 8.61. The van der Waals surface area contributed by atoms with Crippen LogP contribution >= 0.6 is 22.9 Å². The second-order valence-corrected chi connectivity index (χ2v) is 9.61. The van der Waals surface area contributed by atoms with Crippen molar-refractivity contribution < 1.29 is 9.59 Å². The fourth-order valence-electron chi connectivity index (χ4n) is 4.33. The van der Waals surface area contributed by atoms with Gasteiger partial charge in [-0.25, -0.2) is 9.97 Å². The van der Waals surface area contributed by atoms with Gasteiger partial charge >= 0.3 is 0 Å². The molecule has 0 radical (unpaired) electrons. The Morgan fingerprint density at radius 3 is 2.85 bits per heavy atom. The van der Waals surface area contributed by atoms with Crippen LogP contribution in [0, 0.1) is 0 Å². The van der Waals surface area contributed by atoms with Gasteiger partial charge < -0.3 is 15.5 Å². The molecule has 0 bridgehead atoms. The predicted octanol–water partition coefficient (Wildman–Crippen LogP) is 4.34. The summed E-state index contributed by atoms with van der Waals surface area (Å²) in [6.07, 6.45) is 1.99. The number of rotatable bonds is 4. The maximum atomic E-state index is 13.3. The Kier molecular flexibility index (Phi) is 5.64. The highest BCUT2D eigenvalue weighted by molar-refractivity contribution is 7.20. The van der Waals surface area contributed by atoms with Crippen molar-refractivity contribution in [2.45, 2.75) is 25.9 Å². The van der Waals surface area contributed by atoms with Gasteiger partial charge in [0.05, 0.1) is 10.4 Å². The summed E-state index contributed by atoms with van der Waals surface area (Å²) in [5.74, 6) is 0.290. The summed E-state index contributed by atoms with van der Waals surface area (Å²) in [5.41, 5.74) is 7.62. The Hall–Kier alpha value is -3.23. The van der Waals surface area contributed by atoms with Crippen molar-refractivity contribution >= 4 is 61.6 Å². The number of anilines is 1. The first-order chi connectivity index (χ1) is 15.9. The predicted molar refractivity (Wildman–Crippen MR) is 131 cm³/mol. The first kappa shape index (κ1) is 21.6. The number of hydrogen-bond acceptors (Lipinski definition) is 6. The van der Waals surface area contributed by atoms with Crippen LogP contribution in [0.15, 0.2) is 48.8 Å². The zero-order valence-electron chi connectivity index (χ0n) is 18.0. The van der Waals surface area contributed by atoms with Crippen LogP contribution in [0.25, 0.3) is 21.0 Å². The van der Waals surface area contributed by atoms with Crippen molar-refractivity contribution in [2.75, 3.05) is 18.8 Å². The van der Waals surface area contributed by atoms with Crippen LogP contribution in [0.2, 0.25) is 5.02 Å². The van der Waals surface area contributed by atoms with E-state index in [-0.39, 0.29) is 11.8 Å². The molecule has 3 heterocycles. The number of carbonyl (C=O) groups is 2. The van der Waals surface area contributed by atoms with Crippen LogP contribution in [0.4, 0.5) is 5.82 Å². The van der Waals surface area contributed by atoms with E-state index >= 15 is 0 Å². The summed E-state index contributed by atoms with van der Waals surface area (Å²) < 4.78 is 0.963. The van der Waals surface area contributed by atoms with E-state index in [4.69, 9.17) is 17.3 Å². The molecule has 1 atom stereocenters. The first-order valence-corrected chi connectivity index (χ1v) is 11.9. The Morgan fingerprint density at radius 2 is 2.03 bits per heavy atom. The molecule has 33 heavy (non-hydrogen) atoms. The van der Waals surface area contributed by atoms with Crippen molar-refractivity contribution in [3.05, 3.63) is 64.3 Å². The largest absolute Gasteiger partial charge is 0.383 e. The fraction of sp³-hybridized carbons (Fsp3) is 0.250. The van der Waals surface area contributed by atoms with E-state index in [9.17, 15) is 9.59 Å². The molecule has 1 saturated heterocycles. The van der Waals surface area contributed by atoms with Gasteiger partial charge in [-0.05, 0) is 47.7 Å². The highest BCUT2D eigenvalue weighted by Gasteiger charge is 2.37. The average molecular weight is 480 g/mol. The number of benzene rings is 2. The number of aromatic nitrogens is 2. The van der Waals surface area contributed by atoms with Crippen LogP contribution in [0.5, 0.6) is 0 Å². The third-order valence-electron chi connectivity index (χ3n) is 6.03. The molecular formula is C24H22ClN5O2S. The molecule has 0 spiro atoms. The van der Waals surface area contributed by atoms with Gasteiger partial charge in [0.2, 0.25) is 5.91 Å². The Labute approximate surface area is 199 Å². The molecule has 1 aliphatic heterocycles. The summed E-state index contributed by atoms with van der Waals surface area (Å²) >= 11 is 7.50. The van der Waals surface area contributed by atoms with Crippen LogP contribution in [-0.2, 0) is 11.3 Å². The number of piperazine rings is 1. The monoisotopic (exact) mass is 479 g/mol. The number of nitrogens with two attached hydrogens (primary N) is 1. The molecule has 1 aliphatic rings. The van der Waals surface area contributed by atoms with Gasteiger partial charge in [0.1, 0.15) is 18.2 Å². The van der Waals surface area contributed by atoms with E-state index in [0.29, 0.717) is 41.8 Å². The highest BCUT2D eigenvalue weighted by Crippen LogP contribution is 2.30. The molecule has 2 amide bonds. The quantitative estimate of drug-likeness (QED) is 0.470. The van der Waals surface area contributed by atoms with E-state index in [1.165, 1.54) is 17.7 Å². The number of carbonyl (C=O) groups excluding carboxylic acids is 2. The second-order valence-electron chi connectivity index (χ2n) is 8.09. The summed E-state index contributed by atoms with van der Waals surface area (Å²) in [5, 5.41) is 2.41. The van der Waals surface area contributed by atoms with Crippen molar-refractivity contribution in [3.63, 3.8) is 0 Å². The number of thiophene rings is 1. The molecule has 0 unspecified atom stereocenters. The smallest absolute Gasteiger partial charge is 0.264 e. The van der Waals surface area contributed by atoms with Gasteiger partial charge in [0.25, 0.3) is 5.91 Å². The Bertz CT molecular complexity index is 1390. The first-order valence-electron chi connectivity index (χ1n) is 10.7. The summed E-state index contributed by atoms with van der Waals surface area (Å²) in [7, 11) is 0. The number of nitrogens with zero attached hydrogens (tertiary/aromatic N) is 4.